The lowest BCUT2D eigenvalue weighted by Crippen LogP contribution is -2.29. The largest absolute Gasteiger partial charge is 0.481 e. The van der Waals surface area contributed by atoms with Crippen LogP contribution in [0.4, 0.5) is 0 Å². The Hall–Kier alpha value is -1.56. The lowest BCUT2D eigenvalue weighted by Gasteiger charge is -2.09. The van der Waals surface area contributed by atoms with E-state index < -0.39 is 0 Å². The summed E-state index contributed by atoms with van der Waals surface area (Å²) in [5, 5.41) is 16.3. The average Bonchev–Trinajstić information content (AvgIpc) is 2.92. The zero-order chi connectivity index (χ0) is 13.1. The van der Waals surface area contributed by atoms with Crippen molar-refractivity contribution >= 4 is 5.91 Å². The quantitative estimate of drug-likeness (QED) is 0.810. The second kappa shape index (κ2) is 5.39. The molecule has 1 aromatic heterocycles. The fraction of sp³-hybridized carbons (Fsp3) is 0.667. The summed E-state index contributed by atoms with van der Waals surface area (Å²) in [6.07, 6.45) is 2.36. The number of nitrogens with zero attached hydrogens (tertiary/aromatic N) is 2. The minimum absolute atomic E-state index is 0.199. The number of aliphatic hydroxyl groups excluding tert-OH is 1. The van der Waals surface area contributed by atoms with Crippen LogP contribution in [0, 0.1) is 5.92 Å². The molecule has 1 aliphatic rings. The summed E-state index contributed by atoms with van der Waals surface area (Å²) >= 11 is 0. The van der Waals surface area contributed by atoms with Crippen LogP contribution in [0.2, 0.25) is 0 Å². The predicted octanol–water partition coefficient (Wildman–Crippen LogP) is 0.319. The van der Waals surface area contributed by atoms with E-state index in [-0.39, 0.29) is 12.0 Å². The number of ether oxygens (including phenoxy) is 1. The first-order chi connectivity index (χ1) is 8.60. The van der Waals surface area contributed by atoms with Crippen LogP contribution < -0.4 is 10.1 Å². The molecular formula is C12H19N3O3. The first-order valence-electron chi connectivity index (χ1n) is 6.14. The second-order valence-electron chi connectivity index (χ2n) is 4.74. The van der Waals surface area contributed by atoms with Gasteiger partial charge in [-0.15, -0.1) is 0 Å². The highest BCUT2D eigenvalue weighted by atomic mass is 16.5. The van der Waals surface area contributed by atoms with Crippen LogP contribution in [-0.4, -0.2) is 40.6 Å². The number of rotatable bonds is 4. The number of aryl methyl sites for hydroxylation is 1. The van der Waals surface area contributed by atoms with Crippen LogP contribution in [0.3, 0.4) is 0 Å². The van der Waals surface area contributed by atoms with Gasteiger partial charge in [0.1, 0.15) is 0 Å². The van der Waals surface area contributed by atoms with E-state index in [2.05, 4.69) is 10.4 Å². The van der Waals surface area contributed by atoms with Gasteiger partial charge < -0.3 is 15.2 Å². The van der Waals surface area contributed by atoms with E-state index in [0.717, 1.165) is 19.3 Å². The summed E-state index contributed by atoms with van der Waals surface area (Å²) < 4.78 is 6.58. The topological polar surface area (TPSA) is 76.4 Å². The summed E-state index contributed by atoms with van der Waals surface area (Å²) in [5.74, 6) is 0.723. The highest BCUT2D eigenvalue weighted by Gasteiger charge is 2.23. The Bertz CT molecular complexity index is 430. The summed E-state index contributed by atoms with van der Waals surface area (Å²) in [4.78, 5) is 11.9. The van der Waals surface area contributed by atoms with Gasteiger partial charge in [-0.2, -0.15) is 5.10 Å². The van der Waals surface area contributed by atoms with Gasteiger partial charge in [-0.1, -0.05) is 0 Å². The molecule has 100 valence electrons. The van der Waals surface area contributed by atoms with Gasteiger partial charge in [0.05, 0.1) is 13.2 Å². The van der Waals surface area contributed by atoms with Crippen molar-refractivity contribution in [2.45, 2.75) is 25.4 Å². The number of methoxy groups -OCH3 is 1. The van der Waals surface area contributed by atoms with Crippen molar-refractivity contribution in [3.05, 3.63) is 11.8 Å². The highest BCUT2D eigenvalue weighted by Crippen LogP contribution is 2.24. The van der Waals surface area contributed by atoms with Crippen LogP contribution >= 0.6 is 0 Å². The molecule has 1 amide bonds. The molecule has 0 saturated heterocycles. The number of carbonyl (C=O) groups is 1. The minimum atomic E-state index is -0.207. The van der Waals surface area contributed by atoms with Crippen molar-refractivity contribution in [3.8, 4) is 5.88 Å². The SMILES string of the molecule is COc1cc(C(=O)NCC2CCC(O)C2)nn1C. The van der Waals surface area contributed by atoms with Crippen molar-refractivity contribution in [2.24, 2.45) is 13.0 Å². The molecule has 18 heavy (non-hydrogen) atoms. The lowest BCUT2D eigenvalue weighted by atomic mass is 10.1. The fourth-order valence-electron chi connectivity index (χ4n) is 2.31. The molecule has 0 radical (unpaired) electrons. The van der Waals surface area contributed by atoms with Gasteiger partial charge in [0.2, 0.25) is 5.88 Å². The molecule has 1 aromatic rings. The number of carbonyl (C=O) groups excluding carboxylic acids is 1. The third-order valence-electron chi connectivity index (χ3n) is 3.34. The Morgan fingerprint density at radius 1 is 1.67 bits per heavy atom. The Morgan fingerprint density at radius 2 is 2.44 bits per heavy atom. The monoisotopic (exact) mass is 253 g/mol. The highest BCUT2D eigenvalue weighted by molar-refractivity contribution is 5.92. The molecule has 2 atom stereocenters. The van der Waals surface area contributed by atoms with Crippen LogP contribution in [0.15, 0.2) is 6.07 Å². The maximum Gasteiger partial charge on any atom is 0.271 e. The number of nitrogens with one attached hydrogen (secondary N) is 1. The molecule has 1 heterocycles. The van der Waals surface area contributed by atoms with Crippen molar-refractivity contribution < 1.29 is 14.6 Å². The predicted molar refractivity (Wildman–Crippen MR) is 65.4 cm³/mol. The van der Waals surface area contributed by atoms with Crippen LogP contribution in [0.5, 0.6) is 5.88 Å². The molecule has 6 heteroatoms. The molecule has 1 fully saturated rings. The zero-order valence-electron chi connectivity index (χ0n) is 10.7. The van der Waals surface area contributed by atoms with E-state index >= 15 is 0 Å². The Labute approximate surface area is 106 Å². The first kappa shape index (κ1) is 12.9. The van der Waals surface area contributed by atoms with Crippen molar-refractivity contribution in [2.75, 3.05) is 13.7 Å². The Morgan fingerprint density at radius 3 is 3.00 bits per heavy atom. The van der Waals surface area contributed by atoms with E-state index in [9.17, 15) is 9.90 Å². The zero-order valence-corrected chi connectivity index (χ0v) is 10.7. The van der Waals surface area contributed by atoms with Gasteiger partial charge >= 0.3 is 0 Å². The fourth-order valence-corrected chi connectivity index (χ4v) is 2.31. The smallest absolute Gasteiger partial charge is 0.271 e. The molecule has 2 unspecified atom stereocenters. The van der Waals surface area contributed by atoms with Gasteiger partial charge in [0, 0.05) is 19.7 Å². The van der Waals surface area contributed by atoms with Crippen LogP contribution in [-0.2, 0) is 7.05 Å². The molecule has 0 bridgehead atoms. The Balaban J connectivity index is 1.87. The normalized spacial score (nSPS) is 23.1. The number of amides is 1. The number of hydrogen-bond donors (Lipinski definition) is 2. The van der Waals surface area contributed by atoms with Crippen molar-refractivity contribution in [1.82, 2.24) is 15.1 Å². The van der Waals surface area contributed by atoms with Gasteiger partial charge in [0.25, 0.3) is 5.91 Å². The van der Waals surface area contributed by atoms with Gasteiger partial charge in [-0.3, -0.25) is 4.79 Å². The van der Waals surface area contributed by atoms with E-state index in [4.69, 9.17) is 4.74 Å². The summed E-state index contributed by atoms with van der Waals surface area (Å²) in [5.41, 5.74) is 0.355. The number of hydrogen-bond acceptors (Lipinski definition) is 4. The van der Waals surface area contributed by atoms with Gasteiger partial charge in [-0.25, -0.2) is 4.68 Å². The minimum Gasteiger partial charge on any atom is -0.481 e. The first-order valence-corrected chi connectivity index (χ1v) is 6.14. The van der Waals surface area contributed by atoms with Crippen LogP contribution in [0.25, 0.3) is 0 Å². The van der Waals surface area contributed by atoms with E-state index in [1.54, 1.807) is 20.2 Å². The second-order valence-corrected chi connectivity index (χ2v) is 4.74. The molecule has 2 rings (SSSR count). The Kier molecular flexibility index (Phi) is 3.86. The average molecular weight is 253 g/mol. The molecule has 6 nitrogen and oxygen atoms in total. The number of aliphatic hydroxyl groups is 1. The number of aromatic nitrogens is 2. The summed E-state index contributed by atoms with van der Waals surface area (Å²) in [6, 6.07) is 1.61. The van der Waals surface area contributed by atoms with Crippen molar-refractivity contribution in [3.63, 3.8) is 0 Å². The molecule has 1 saturated carbocycles. The van der Waals surface area contributed by atoms with E-state index in [1.165, 1.54) is 4.68 Å². The van der Waals surface area contributed by atoms with E-state index in [1.807, 2.05) is 0 Å². The van der Waals surface area contributed by atoms with Gasteiger partial charge in [-0.05, 0) is 25.2 Å². The molecular weight excluding hydrogens is 234 g/mol. The summed E-state index contributed by atoms with van der Waals surface area (Å²) in [7, 11) is 3.27. The third kappa shape index (κ3) is 2.81. The lowest BCUT2D eigenvalue weighted by molar-refractivity contribution is 0.0939. The molecule has 1 aliphatic carbocycles. The van der Waals surface area contributed by atoms with Crippen LogP contribution in [0.1, 0.15) is 29.8 Å². The molecule has 0 aromatic carbocycles. The van der Waals surface area contributed by atoms with Crippen molar-refractivity contribution in [1.29, 1.82) is 0 Å². The van der Waals surface area contributed by atoms with Gasteiger partial charge in [0.15, 0.2) is 5.69 Å². The third-order valence-corrected chi connectivity index (χ3v) is 3.34. The van der Waals surface area contributed by atoms with E-state index in [0.29, 0.717) is 24.0 Å². The summed E-state index contributed by atoms with van der Waals surface area (Å²) in [6.45, 7) is 0.592. The molecule has 0 spiro atoms. The standard InChI is InChI=1S/C12H19N3O3/c1-15-11(18-2)6-10(14-15)12(17)13-7-8-3-4-9(16)5-8/h6,8-9,16H,3-5,7H2,1-2H3,(H,13,17). The molecule has 2 N–H and O–H groups in total. The maximum atomic E-state index is 11.9. The molecule has 0 aliphatic heterocycles. The maximum absolute atomic E-state index is 11.9.